The van der Waals surface area contributed by atoms with Crippen LogP contribution in [-0.4, -0.2) is 41.3 Å². The van der Waals surface area contributed by atoms with Gasteiger partial charge in [0.05, 0.1) is 6.10 Å². The van der Waals surface area contributed by atoms with E-state index in [1.165, 1.54) is 37.7 Å². The lowest BCUT2D eigenvalue weighted by Crippen LogP contribution is -2.28. The number of allylic oxidation sites excluding steroid dienone is 1. The number of carbonyl (C=O) groups excluding carboxylic acids is 3. The first-order chi connectivity index (χ1) is 15.3. The molecule has 0 spiro atoms. The van der Waals surface area contributed by atoms with Crippen LogP contribution in [0.15, 0.2) is 60.7 Å². The maximum absolute atomic E-state index is 12.6. The monoisotopic (exact) mass is 442 g/mol. The summed E-state index contributed by atoms with van der Waals surface area (Å²) in [4.78, 5) is 35.0. The van der Waals surface area contributed by atoms with Crippen molar-refractivity contribution in [3.05, 3.63) is 71.8 Å². The zero-order valence-corrected chi connectivity index (χ0v) is 17.8. The predicted molar refractivity (Wildman–Crippen MR) is 116 cm³/mol. The van der Waals surface area contributed by atoms with Crippen molar-refractivity contribution in [2.45, 2.75) is 32.0 Å². The SMILES string of the molecule is CO[C@@H](CC/C=C/C(=O)NO)[C@@H](OC(=O)Nc1ccc(C(C)=O)cc1)c1ccc(O)cc1. The number of aromatic hydroxyl groups is 1. The summed E-state index contributed by atoms with van der Waals surface area (Å²) < 4.78 is 11.2. The Labute approximate surface area is 185 Å². The van der Waals surface area contributed by atoms with E-state index in [1.807, 2.05) is 0 Å². The van der Waals surface area contributed by atoms with Gasteiger partial charge in [-0.1, -0.05) is 18.2 Å². The van der Waals surface area contributed by atoms with Crippen molar-refractivity contribution < 1.29 is 34.2 Å². The quantitative estimate of drug-likeness (QED) is 0.191. The van der Waals surface area contributed by atoms with Crippen LogP contribution in [0.4, 0.5) is 10.5 Å². The summed E-state index contributed by atoms with van der Waals surface area (Å²) in [7, 11) is 1.48. The molecule has 0 aromatic heterocycles. The number of rotatable bonds is 10. The van der Waals surface area contributed by atoms with E-state index in [0.29, 0.717) is 29.7 Å². The molecule has 0 aliphatic rings. The number of anilines is 1. The van der Waals surface area contributed by atoms with Crippen LogP contribution in [0.25, 0.3) is 0 Å². The smallest absolute Gasteiger partial charge is 0.412 e. The van der Waals surface area contributed by atoms with E-state index >= 15 is 0 Å². The molecule has 0 fully saturated rings. The van der Waals surface area contributed by atoms with Crippen molar-refractivity contribution in [1.82, 2.24) is 5.48 Å². The molecule has 0 radical (unpaired) electrons. The number of benzene rings is 2. The van der Waals surface area contributed by atoms with Crippen molar-refractivity contribution in [1.29, 1.82) is 0 Å². The number of hydrogen-bond acceptors (Lipinski definition) is 7. The third-order valence-corrected chi connectivity index (χ3v) is 4.63. The Kier molecular flexibility index (Phi) is 9.40. The number of phenols is 1. The fourth-order valence-corrected chi connectivity index (χ4v) is 2.95. The largest absolute Gasteiger partial charge is 0.508 e. The van der Waals surface area contributed by atoms with Gasteiger partial charge in [-0.15, -0.1) is 0 Å². The highest BCUT2D eigenvalue weighted by molar-refractivity contribution is 5.95. The molecule has 4 N–H and O–H groups in total. The second-order valence-corrected chi connectivity index (χ2v) is 6.91. The van der Waals surface area contributed by atoms with Gasteiger partial charge in [-0.25, -0.2) is 10.3 Å². The topological polar surface area (TPSA) is 134 Å². The Morgan fingerprint density at radius 2 is 1.72 bits per heavy atom. The molecule has 0 heterocycles. The standard InChI is InChI=1S/C23H26N2O7/c1-15(26)16-7-11-18(12-8-16)24-23(29)32-22(17-9-13-19(27)14-10-17)20(31-2)5-3-4-6-21(28)25-30/h4,6-14,20,22,27,30H,3,5H2,1-2H3,(H,24,29)(H,25,28)/b6-4+/t20-,22-/m0/s1. The molecule has 0 aliphatic heterocycles. The molecule has 9 nitrogen and oxygen atoms in total. The first-order valence-corrected chi connectivity index (χ1v) is 9.85. The van der Waals surface area contributed by atoms with Crippen LogP contribution < -0.4 is 10.8 Å². The maximum Gasteiger partial charge on any atom is 0.412 e. The molecule has 0 aliphatic carbocycles. The number of nitrogens with one attached hydrogen (secondary N) is 2. The molecule has 2 aromatic rings. The molecule has 9 heteroatoms. The number of ketones is 1. The lowest BCUT2D eigenvalue weighted by atomic mass is 10.00. The highest BCUT2D eigenvalue weighted by Gasteiger charge is 2.27. The number of amides is 2. The van der Waals surface area contributed by atoms with Crippen LogP contribution in [-0.2, 0) is 14.3 Å². The number of methoxy groups -OCH3 is 1. The molecule has 170 valence electrons. The molecular weight excluding hydrogens is 416 g/mol. The van der Waals surface area contributed by atoms with Gasteiger partial charge in [0.1, 0.15) is 5.75 Å². The van der Waals surface area contributed by atoms with Crippen molar-refractivity contribution in [2.75, 3.05) is 12.4 Å². The highest BCUT2D eigenvalue weighted by Crippen LogP contribution is 2.28. The Balaban J connectivity index is 2.13. The minimum absolute atomic E-state index is 0.0643. The Morgan fingerprint density at radius 1 is 1.06 bits per heavy atom. The average Bonchev–Trinajstić information content (AvgIpc) is 2.78. The minimum atomic E-state index is -0.808. The molecule has 2 aromatic carbocycles. The van der Waals surface area contributed by atoms with Gasteiger partial charge in [0.15, 0.2) is 11.9 Å². The minimum Gasteiger partial charge on any atom is -0.508 e. The van der Waals surface area contributed by atoms with Gasteiger partial charge >= 0.3 is 6.09 Å². The van der Waals surface area contributed by atoms with E-state index in [-0.39, 0.29) is 11.5 Å². The molecule has 0 saturated heterocycles. The number of hydrogen-bond donors (Lipinski definition) is 4. The van der Waals surface area contributed by atoms with Gasteiger partial charge in [-0.2, -0.15) is 0 Å². The van der Waals surface area contributed by atoms with Crippen LogP contribution in [0.2, 0.25) is 0 Å². The van der Waals surface area contributed by atoms with Crippen molar-refractivity contribution in [2.24, 2.45) is 0 Å². The molecule has 0 unspecified atom stereocenters. The van der Waals surface area contributed by atoms with Gasteiger partial charge in [0.25, 0.3) is 5.91 Å². The van der Waals surface area contributed by atoms with E-state index < -0.39 is 24.2 Å². The predicted octanol–water partition coefficient (Wildman–Crippen LogP) is 3.74. The van der Waals surface area contributed by atoms with Crippen LogP contribution in [0.3, 0.4) is 0 Å². The number of Topliss-reactive ketones (excluding diaryl/α,β-unsaturated/α-hetero) is 1. The first-order valence-electron chi connectivity index (χ1n) is 9.85. The Bertz CT molecular complexity index is 940. The molecular formula is C23H26N2O7. The number of ether oxygens (including phenoxy) is 2. The van der Waals surface area contributed by atoms with E-state index in [1.54, 1.807) is 42.5 Å². The van der Waals surface area contributed by atoms with Gasteiger partial charge in [-0.05, 0) is 61.7 Å². The normalized spacial score (nSPS) is 12.7. The molecule has 2 amide bonds. The summed E-state index contributed by atoms with van der Waals surface area (Å²) in [5.74, 6) is -0.671. The van der Waals surface area contributed by atoms with Gasteiger partial charge in [0, 0.05) is 24.4 Å². The van der Waals surface area contributed by atoms with Crippen molar-refractivity contribution in [3.8, 4) is 5.75 Å². The summed E-state index contributed by atoms with van der Waals surface area (Å²) in [5, 5.41) is 20.7. The van der Waals surface area contributed by atoms with Gasteiger partial charge < -0.3 is 14.6 Å². The maximum atomic E-state index is 12.6. The van der Waals surface area contributed by atoms with E-state index in [2.05, 4.69) is 5.32 Å². The van der Waals surface area contributed by atoms with Crippen LogP contribution >= 0.6 is 0 Å². The van der Waals surface area contributed by atoms with Gasteiger partial charge in [-0.3, -0.25) is 20.1 Å². The summed E-state index contributed by atoms with van der Waals surface area (Å²) in [5.41, 5.74) is 3.08. The van der Waals surface area contributed by atoms with Crippen LogP contribution in [0.1, 0.15) is 41.8 Å². The summed E-state index contributed by atoms with van der Waals surface area (Å²) in [6, 6.07) is 12.6. The Hall–Kier alpha value is -3.69. The van der Waals surface area contributed by atoms with E-state index in [0.717, 1.165) is 0 Å². The third kappa shape index (κ3) is 7.53. The molecule has 2 rings (SSSR count). The molecule has 0 saturated carbocycles. The number of phenolic OH excluding ortho intramolecular Hbond substituents is 1. The van der Waals surface area contributed by atoms with Crippen molar-refractivity contribution in [3.63, 3.8) is 0 Å². The summed E-state index contributed by atoms with van der Waals surface area (Å²) in [6.45, 7) is 1.45. The fourth-order valence-electron chi connectivity index (χ4n) is 2.95. The highest BCUT2D eigenvalue weighted by atomic mass is 16.6. The first kappa shape index (κ1) is 24.6. The Morgan fingerprint density at radius 3 is 2.28 bits per heavy atom. The lowest BCUT2D eigenvalue weighted by molar-refractivity contribution is -0.124. The number of carbonyl (C=O) groups is 3. The third-order valence-electron chi connectivity index (χ3n) is 4.63. The summed E-state index contributed by atoms with van der Waals surface area (Å²) >= 11 is 0. The lowest BCUT2D eigenvalue weighted by Gasteiger charge is -2.26. The number of hydroxylamine groups is 1. The van der Waals surface area contributed by atoms with Crippen molar-refractivity contribution >= 4 is 23.5 Å². The van der Waals surface area contributed by atoms with Crippen LogP contribution in [0, 0.1) is 0 Å². The molecule has 32 heavy (non-hydrogen) atoms. The van der Waals surface area contributed by atoms with Crippen LogP contribution in [0.5, 0.6) is 5.75 Å². The summed E-state index contributed by atoms with van der Waals surface area (Å²) in [6.07, 6.45) is 1.46. The second-order valence-electron chi connectivity index (χ2n) is 6.91. The van der Waals surface area contributed by atoms with E-state index in [9.17, 15) is 19.5 Å². The fraction of sp³-hybridized carbons (Fsp3) is 0.261. The zero-order valence-electron chi connectivity index (χ0n) is 17.8. The zero-order chi connectivity index (χ0) is 23.5. The second kappa shape index (κ2) is 12.2. The van der Waals surface area contributed by atoms with E-state index in [4.69, 9.17) is 14.7 Å². The molecule has 0 bridgehead atoms. The average molecular weight is 442 g/mol. The molecule has 2 atom stereocenters. The van der Waals surface area contributed by atoms with Gasteiger partial charge in [0.2, 0.25) is 0 Å².